The van der Waals surface area contributed by atoms with Crippen LogP contribution in [-0.2, 0) is 0 Å². The average molecular weight is 862 g/mol. The van der Waals surface area contributed by atoms with E-state index >= 15 is 0 Å². The van der Waals surface area contributed by atoms with Crippen LogP contribution >= 0.6 is 34.0 Å². The lowest BCUT2D eigenvalue weighted by Crippen LogP contribution is -2.00. The average Bonchev–Trinajstić information content (AvgIpc) is 4.10. The van der Waals surface area contributed by atoms with Gasteiger partial charge in [0.15, 0.2) is 17.5 Å². The zero-order chi connectivity index (χ0) is 46.7. The summed E-state index contributed by atoms with van der Waals surface area (Å²) >= 11 is 4.52. The van der Waals surface area contributed by atoms with Crippen LogP contribution in [0.2, 0.25) is 0 Å². The molecule has 0 N–H and O–H groups in total. The van der Waals surface area contributed by atoms with Crippen molar-refractivity contribution in [3.63, 3.8) is 0 Å². The first-order valence-corrected chi connectivity index (χ1v) is 23.0. The fourth-order valence-electron chi connectivity index (χ4n) is 8.67. The van der Waals surface area contributed by atoms with Crippen LogP contribution in [0, 0.1) is 0 Å². The van der Waals surface area contributed by atoms with E-state index < -0.39 is 0 Å². The van der Waals surface area contributed by atoms with Crippen LogP contribution in [0.5, 0.6) is 0 Å². The Bertz CT molecular complexity index is 4260. The largest absolute Gasteiger partial charge is 0.208 e. The third kappa shape index (κ3) is 6.17. The summed E-state index contributed by atoms with van der Waals surface area (Å²) in [5.74, 6) is 0.783. The van der Waals surface area contributed by atoms with Crippen LogP contribution in [0.15, 0.2) is 200 Å². The second-order valence-electron chi connectivity index (χ2n) is 15.4. The highest BCUT2D eigenvalue weighted by atomic mass is 32.1. The van der Waals surface area contributed by atoms with Gasteiger partial charge in [-0.3, -0.25) is 0 Å². The third-order valence-electron chi connectivity index (χ3n) is 11.7. The summed E-state index contributed by atoms with van der Waals surface area (Å²) in [6.07, 6.45) is 0. The Morgan fingerprint density at radius 3 is 1.68 bits per heavy atom. The molecule has 0 radical (unpaired) electrons. The number of rotatable bonds is 6. The van der Waals surface area contributed by atoms with Gasteiger partial charge in [0.05, 0.1) is 8.22 Å². The topological polar surface area (TPSA) is 38.7 Å². The van der Waals surface area contributed by atoms with Crippen molar-refractivity contribution in [2.24, 2.45) is 0 Å². The van der Waals surface area contributed by atoms with E-state index in [4.69, 9.17) is 17.7 Å². The molecule has 4 heterocycles. The predicted molar refractivity (Wildman–Crippen MR) is 271 cm³/mol. The minimum atomic E-state index is -0.253. The maximum atomic E-state index is 9.97. The first-order chi connectivity index (χ1) is 33.7. The van der Waals surface area contributed by atoms with Crippen molar-refractivity contribution in [1.82, 2.24) is 15.0 Å². The number of hydrogen-bond donors (Lipinski definition) is 0. The third-order valence-corrected chi connectivity index (χ3v) is 15.0. The van der Waals surface area contributed by atoms with Crippen molar-refractivity contribution >= 4 is 94.5 Å². The summed E-state index contributed by atoms with van der Waals surface area (Å²) in [4.78, 5) is 15.5. The highest BCUT2D eigenvalue weighted by molar-refractivity contribution is 7.26. The Kier molecular flexibility index (Phi) is 7.12. The summed E-state index contributed by atoms with van der Waals surface area (Å²) in [5, 5.41) is 4.86. The fraction of sp³-hybridized carbons (Fsp3) is 0. The Morgan fingerprint density at radius 1 is 0.317 bits per heavy atom. The van der Waals surface area contributed by atoms with Gasteiger partial charge >= 0.3 is 0 Å². The molecule has 0 bridgehead atoms. The smallest absolute Gasteiger partial charge is 0.164 e. The van der Waals surface area contributed by atoms with E-state index in [-0.39, 0.29) is 47.6 Å². The first-order valence-electron chi connectivity index (χ1n) is 23.5. The number of hydrogen-bond acceptors (Lipinski definition) is 6. The molecular weight excluding hydrogens is 823 g/mol. The number of fused-ring (bicyclic) bond motifs is 9. The standard InChI is InChI=1S/C57H33N3S3/c1-3-12-34(13-4-1)36-22-24-37(25-23-36)55-58-56(60-57(59-55)46-31-40(35-14-5-2-6-15-35)33-52-54(46)43-17-8-10-20-48(43)62-52)39-26-28-44-51(32-39)63-50-21-11-18-41(53(44)50)38-27-29-49-45(30-38)42-16-7-9-19-47(42)61-49/h1-33H/i11D,18D,21D,26D,28D,32D. The lowest BCUT2D eigenvalue weighted by Gasteiger charge is -2.12. The van der Waals surface area contributed by atoms with E-state index in [0.717, 1.165) is 79.5 Å². The van der Waals surface area contributed by atoms with E-state index in [1.807, 2.05) is 103 Å². The van der Waals surface area contributed by atoms with Crippen LogP contribution < -0.4 is 0 Å². The molecule has 0 amide bonds. The molecule has 0 aliphatic carbocycles. The normalized spacial score (nSPS) is 13.1. The summed E-state index contributed by atoms with van der Waals surface area (Å²) in [7, 11) is 0. The van der Waals surface area contributed by atoms with Gasteiger partial charge < -0.3 is 0 Å². The van der Waals surface area contributed by atoms with E-state index in [1.165, 1.54) is 0 Å². The lowest BCUT2D eigenvalue weighted by atomic mass is 9.97. The minimum absolute atomic E-state index is 0.0620. The summed E-state index contributed by atoms with van der Waals surface area (Å²) < 4.78 is 62.1. The lowest BCUT2D eigenvalue weighted by molar-refractivity contribution is 1.08. The van der Waals surface area contributed by atoms with Gasteiger partial charge in [0, 0.05) is 77.2 Å². The zero-order valence-electron chi connectivity index (χ0n) is 39.2. The van der Waals surface area contributed by atoms with Gasteiger partial charge in [0.25, 0.3) is 0 Å². The van der Waals surface area contributed by atoms with Crippen LogP contribution in [-0.4, -0.2) is 15.0 Å². The van der Waals surface area contributed by atoms with Gasteiger partial charge in [-0.15, -0.1) is 34.0 Å². The van der Waals surface area contributed by atoms with E-state index in [0.29, 0.717) is 48.5 Å². The quantitative estimate of drug-likeness (QED) is 0.167. The molecule has 0 aliphatic rings. The van der Waals surface area contributed by atoms with Crippen LogP contribution in [0.1, 0.15) is 8.22 Å². The van der Waals surface area contributed by atoms with Crippen molar-refractivity contribution in [3.05, 3.63) is 200 Å². The number of nitrogens with zero attached hydrogens (tertiary/aromatic N) is 3. The van der Waals surface area contributed by atoms with Crippen LogP contribution in [0.3, 0.4) is 0 Å². The van der Waals surface area contributed by atoms with E-state index in [2.05, 4.69) is 60.7 Å². The number of aromatic nitrogens is 3. The highest BCUT2D eigenvalue weighted by Crippen LogP contribution is 2.45. The molecule has 0 spiro atoms. The SMILES string of the molecule is [2H]c1c([2H])c(-c2ccc3sc4ccccc4c3c2)c2c(sc3c([2H])c(-c4nc(-c5ccc(-c6ccccc6)cc5)nc(-c5cc(-c6ccccc6)cc6sc7ccccc7c56)n4)c([2H])c([2H])c32)c1[2H]. The summed E-state index contributed by atoms with van der Waals surface area (Å²) in [6, 6.07) is 54.0. The first kappa shape index (κ1) is 30.6. The molecule has 0 aliphatic heterocycles. The molecule has 0 saturated carbocycles. The Balaban J connectivity index is 1.08. The van der Waals surface area contributed by atoms with Crippen LogP contribution in [0.25, 0.3) is 128 Å². The summed E-state index contributed by atoms with van der Waals surface area (Å²) in [6.45, 7) is 0. The Hall–Kier alpha value is -7.35. The van der Waals surface area contributed by atoms with Crippen molar-refractivity contribution in [2.45, 2.75) is 0 Å². The molecule has 0 atom stereocenters. The second-order valence-corrected chi connectivity index (χ2v) is 18.6. The highest BCUT2D eigenvalue weighted by Gasteiger charge is 2.20. The summed E-state index contributed by atoms with van der Waals surface area (Å²) in [5.41, 5.74) is 6.73. The van der Waals surface area contributed by atoms with Gasteiger partial charge in [-0.1, -0.05) is 152 Å². The molecular formula is C57H33N3S3. The molecule has 4 aromatic heterocycles. The van der Waals surface area contributed by atoms with Gasteiger partial charge in [-0.25, -0.2) is 15.0 Å². The zero-order valence-corrected chi connectivity index (χ0v) is 35.6. The molecule has 3 nitrogen and oxygen atoms in total. The molecule has 0 saturated heterocycles. The fourth-order valence-corrected chi connectivity index (χ4v) is 11.9. The molecule has 13 rings (SSSR count). The van der Waals surface area contributed by atoms with Gasteiger partial charge in [0.2, 0.25) is 0 Å². The van der Waals surface area contributed by atoms with Crippen LogP contribution in [0.4, 0.5) is 0 Å². The Labute approximate surface area is 383 Å². The van der Waals surface area contributed by atoms with E-state index in [1.54, 1.807) is 22.7 Å². The second kappa shape index (κ2) is 14.6. The van der Waals surface area contributed by atoms with Gasteiger partial charge in [-0.2, -0.15) is 0 Å². The van der Waals surface area contributed by atoms with Crippen molar-refractivity contribution < 1.29 is 8.22 Å². The minimum Gasteiger partial charge on any atom is -0.208 e. The van der Waals surface area contributed by atoms with Crippen molar-refractivity contribution in [2.75, 3.05) is 0 Å². The maximum Gasteiger partial charge on any atom is 0.164 e. The maximum absolute atomic E-state index is 9.97. The molecule has 9 aromatic carbocycles. The number of thiophene rings is 3. The Morgan fingerprint density at radius 2 is 0.889 bits per heavy atom. The molecule has 63 heavy (non-hydrogen) atoms. The molecule has 6 heteroatoms. The number of benzene rings is 9. The van der Waals surface area contributed by atoms with Gasteiger partial charge in [-0.05, 0) is 81.9 Å². The van der Waals surface area contributed by atoms with Crippen molar-refractivity contribution in [1.29, 1.82) is 0 Å². The van der Waals surface area contributed by atoms with E-state index in [9.17, 15) is 5.48 Å². The van der Waals surface area contributed by atoms with Crippen molar-refractivity contribution in [3.8, 4) is 67.5 Å². The molecule has 0 unspecified atom stereocenters. The monoisotopic (exact) mass is 861 g/mol. The molecule has 13 aromatic rings. The molecule has 0 fully saturated rings. The molecule has 294 valence electrons. The van der Waals surface area contributed by atoms with Gasteiger partial charge in [0.1, 0.15) is 0 Å². The predicted octanol–water partition coefficient (Wildman–Crippen LogP) is 17.0.